The van der Waals surface area contributed by atoms with Crippen LogP contribution < -0.4 is 10.5 Å². The maximum atomic E-state index is 13.8. The normalized spacial score (nSPS) is 16.5. The van der Waals surface area contributed by atoms with Crippen LogP contribution in [0.3, 0.4) is 0 Å². The summed E-state index contributed by atoms with van der Waals surface area (Å²) in [6, 6.07) is 2.03. The molecule has 0 bridgehead atoms. The predicted molar refractivity (Wildman–Crippen MR) is 84.0 cm³/mol. The molecule has 1 aliphatic heterocycles. The van der Waals surface area contributed by atoms with E-state index in [1.807, 2.05) is 0 Å². The van der Waals surface area contributed by atoms with Gasteiger partial charge in [-0.2, -0.15) is 0 Å². The van der Waals surface area contributed by atoms with Gasteiger partial charge in [0.25, 0.3) is 0 Å². The van der Waals surface area contributed by atoms with E-state index in [-0.39, 0.29) is 28.1 Å². The van der Waals surface area contributed by atoms with Crippen LogP contribution >= 0.6 is 0 Å². The smallest absolute Gasteiger partial charge is 0.407 e. The number of nitrogens with zero attached hydrogens (tertiary/aromatic N) is 2. The van der Waals surface area contributed by atoms with Crippen LogP contribution in [0.1, 0.15) is 26.0 Å². The van der Waals surface area contributed by atoms with E-state index in [0.717, 1.165) is 12.1 Å². The van der Waals surface area contributed by atoms with Gasteiger partial charge in [0, 0.05) is 17.9 Å². The summed E-state index contributed by atoms with van der Waals surface area (Å²) in [5.41, 5.74) is 4.19. The molecule has 1 aromatic carbocycles. The first-order valence-corrected chi connectivity index (χ1v) is 8.75. The predicted octanol–water partition coefficient (Wildman–Crippen LogP) is 1.85. The molecule has 11 heteroatoms. The standard InChI is InChI=1S/C14H14FN3O6S/c1-14(2)5-12(18-24-14)25(20,21)6-9-7-3-11(22-13(16)19)8(15)4-10(7)23-17-9/h3-4H,5-6H2,1-2H3,(H2,16,19). The lowest BCUT2D eigenvalue weighted by Crippen LogP contribution is -2.23. The van der Waals surface area contributed by atoms with Gasteiger partial charge in [0.2, 0.25) is 9.84 Å². The van der Waals surface area contributed by atoms with Gasteiger partial charge in [-0.25, -0.2) is 17.6 Å². The monoisotopic (exact) mass is 371 g/mol. The van der Waals surface area contributed by atoms with E-state index in [1.165, 1.54) is 0 Å². The van der Waals surface area contributed by atoms with E-state index in [9.17, 15) is 17.6 Å². The molecule has 0 fully saturated rings. The number of nitrogens with two attached hydrogens (primary N) is 1. The zero-order valence-corrected chi connectivity index (χ0v) is 14.1. The van der Waals surface area contributed by atoms with Gasteiger partial charge < -0.3 is 19.8 Å². The molecule has 1 aromatic heterocycles. The van der Waals surface area contributed by atoms with Crippen molar-refractivity contribution < 1.29 is 31.7 Å². The first kappa shape index (κ1) is 17.1. The number of ether oxygens (including phenoxy) is 1. The fourth-order valence-electron chi connectivity index (χ4n) is 2.31. The van der Waals surface area contributed by atoms with E-state index < -0.39 is 38.9 Å². The second kappa shape index (κ2) is 5.69. The van der Waals surface area contributed by atoms with Gasteiger partial charge in [-0.1, -0.05) is 10.3 Å². The zero-order chi connectivity index (χ0) is 18.4. The number of aromatic nitrogens is 1. The van der Waals surface area contributed by atoms with Gasteiger partial charge in [0.05, 0.1) is 0 Å². The molecule has 0 saturated heterocycles. The summed E-state index contributed by atoms with van der Waals surface area (Å²) >= 11 is 0. The molecular formula is C14H14FN3O6S. The van der Waals surface area contributed by atoms with Gasteiger partial charge in [-0.3, -0.25) is 0 Å². The van der Waals surface area contributed by atoms with Crippen LogP contribution in [0.5, 0.6) is 5.75 Å². The molecule has 1 amide bonds. The van der Waals surface area contributed by atoms with Gasteiger partial charge in [-0.15, -0.1) is 0 Å². The van der Waals surface area contributed by atoms with Gasteiger partial charge in [0.1, 0.15) is 17.0 Å². The quantitative estimate of drug-likeness (QED) is 0.870. The topological polar surface area (TPSA) is 134 Å². The number of halogens is 1. The van der Waals surface area contributed by atoms with Crippen molar-refractivity contribution in [2.75, 3.05) is 0 Å². The molecule has 134 valence electrons. The summed E-state index contributed by atoms with van der Waals surface area (Å²) in [5.74, 6) is -1.88. The molecule has 2 heterocycles. The maximum Gasteiger partial charge on any atom is 0.410 e. The van der Waals surface area contributed by atoms with Crippen LogP contribution in [0, 0.1) is 5.82 Å². The number of fused-ring (bicyclic) bond motifs is 1. The Labute approximate surface area is 141 Å². The maximum absolute atomic E-state index is 13.8. The molecule has 0 saturated carbocycles. The molecule has 2 N–H and O–H groups in total. The van der Waals surface area contributed by atoms with Gasteiger partial charge in [0.15, 0.2) is 22.2 Å². The highest BCUT2D eigenvalue weighted by molar-refractivity contribution is 8.05. The molecule has 25 heavy (non-hydrogen) atoms. The molecule has 0 atom stereocenters. The minimum absolute atomic E-state index is 0.00413. The van der Waals surface area contributed by atoms with Crippen LogP contribution in [-0.4, -0.2) is 30.3 Å². The molecule has 0 aliphatic carbocycles. The number of carbonyl (C=O) groups is 1. The van der Waals surface area contributed by atoms with Crippen molar-refractivity contribution in [3.05, 3.63) is 23.6 Å². The average Bonchev–Trinajstić information content (AvgIpc) is 3.03. The third kappa shape index (κ3) is 3.40. The van der Waals surface area contributed by atoms with E-state index >= 15 is 0 Å². The van der Waals surface area contributed by atoms with E-state index in [0.29, 0.717) is 0 Å². The molecule has 0 spiro atoms. The van der Waals surface area contributed by atoms with E-state index in [4.69, 9.17) is 15.1 Å². The lowest BCUT2D eigenvalue weighted by molar-refractivity contribution is 0.0123. The van der Waals surface area contributed by atoms with E-state index in [1.54, 1.807) is 13.8 Å². The Morgan fingerprint density at radius 2 is 2.16 bits per heavy atom. The summed E-state index contributed by atoms with van der Waals surface area (Å²) in [4.78, 5) is 15.9. The second-order valence-electron chi connectivity index (χ2n) is 6.10. The summed E-state index contributed by atoms with van der Waals surface area (Å²) in [6.07, 6.45) is -1.08. The minimum atomic E-state index is -3.82. The zero-order valence-electron chi connectivity index (χ0n) is 13.3. The van der Waals surface area contributed by atoms with Crippen molar-refractivity contribution in [3.8, 4) is 5.75 Å². The highest BCUT2D eigenvalue weighted by atomic mass is 32.2. The first-order chi connectivity index (χ1) is 11.6. The number of amides is 1. The summed E-state index contributed by atoms with van der Waals surface area (Å²) in [6.45, 7) is 3.42. The summed E-state index contributed by atoms with van der Waals surface area (Å²) in [5, 5.41) is 7.35. The van der Waals surface area contributed by atoms with Crippen molar-refractivity contribution in [1.82, 2.24) is 5.16 Å². The Hall–Kier alpha value is -2.69. The number of primary amides is 1. The summed E-state index contributed by atoms with van der Waals surface area (Å²) < 4.78 is 48.2. The fraction of sp³-hybridized carbons (Fsp3) is 0.357. The Kier molecular flexibility index (Phi) is 3.90. The van der Waals surface area contributed by atoms with Gasteiger partial charge in [-0.05, 0) is 19.9 Å². The number of carbonyl (C=O) groups excluding carboxylic acids is 1. The largest absolute Gasteiger partial charge is 0.410 e. The number of hydrogen-bond acceptors (Lipinski definition) is 8. The van der Waals surface area contributed by atoms with Crippen LogP contribution in [0.2, 0.25) is 0 Å². The van der Waals surface area contributed by atoms with Crippen molar-refractivity contribution in [1.29, 1.82) is 0 Å². The minimum Gasteiger partial charge on any atom is -0.407 e. The van der Waals surface area contributed by atoms with Crippen LogP contribution in [-0.2, 0) is 20.4 Å². The molecule has 0 unspecified atom stereocenters. The second-order valence-corrected chi connectivity index (χ2v) is 8.09. The molecule has 9 nitrogen and oxygen atoms in total. The lowest BCUT2D eigenvalue weighted by atomic mass is 10.1. The van der Waals surface area contributed by atoms with E-state index in [2.05, 4.69) is 15.0 Å². The highest BCUT2D eigenvalue weighted by Gasteiger charge is 2.36. The van der Waals surface area contributed by atoms with Crippen molar-refractivity contribution in [2.24, 2.45) is 10.9 Å². The number of hydrogen-bond donors (Lipinski definition) is 1. The molecule has 3 rings (SSSR count). The van der Waals surface area contributed by atoms with Crippen LogP contribution in [0.15, 0.2) is 21.8 Å². The first-order valence-electron chi connectivity index (χ1n) is 7.10. The third-order valence-corrected chi connectivity index (χ3v) is 5.06. The average molecular weight is 371 g/mol. The molecule has 2 aromatic rings. The Balaban J connectivity index is 1.95. The van der Waals surface area contributed by atoms with Gasteiger partial charge >= 0.3 is 6.09 Å². The fourth-order valence-corrected chi connectivity index (χ4v) is 3.77. The third-order valence-electron chi connectivity index (χ3n) is 3.47. The van der Waals surface area contributed by atoms with Crippen LogP contribution in [0.4, 0.5) is 9.18 Å². The lowest BCUT2D eigenvalue weighted by Gasteiger charge is -2.13. The van der Waals surface area contributed by atoms with Crippen molar-refractivity contribution in [3.63, 3.8) is 0 Å². The molecule has 1 aliphatic rings. The van der Waals surface area contributed by atoms with Crippen molar-refractivity contribution in [2.45, 2.75) is 31.6 Å². The summed E-state index contributed by atoms with van der Waals surface area (Å²) in [7, 11) is -3.82. The molecule has 0 radical (unpaired) electrons. The highest BCUT2D eigenvalue weighted by Crippen LogP contribution is 2.30. The number of sulfone groups is 1. The number of benzene rings is 1. The molecular weight excluding hydrogens is 357 g/mol. The Morgan fingerprint density at radius 3 is 2.76 bits per heavy atom. The number of rotatable bonds is 3. The Morgan fingerprint density at radius 1 is 1.44 bits per heavy atom. The van der Waals surface area contributed by atoms with Crippen molar-refractivity contribution >= 4 is 31.9 Å². The number of oxime groups is 1. The Bertz CT molecular complexity index is 995. The SMILES string of the molecule is CC1(C)CC(S(=O)(=O)Cc2noc3cc(F)c(OC(N)=O)cc23)=NO1. The van der Waals surface area contributed by atoms with Crippen LogP contribution in [0.25, 0.3) is 11.0 Å².